The molecule has 1 rings (SSSR count). The van der Waals surface area contributed by atoms with Crippen molar-refractivity contribution in [3.05, 3.63) is 29.8 Å². The summed E-state index contributed by atoms with van der Waals surface area (Å²) in [6.07, 6.45) is 0. The number of rotatable bonds is 5. The van der Waals surface area contributed by atoms with Gasteiger partial charge in [0.2, 0.25) is 0 Å². The van der Waals surface area contributed by atoms with Crippen LogP contribution in [-0.2, 0) is 0 Å². The van der Waals surface area contributed by atoms with Crippen LogP contribution in [0, 0.1) is 21.3 Å². The van der Waals surface area contributed by atoms with Crippen LogP contribution in [0.5, 0.6) is 5.75 Å². The van der Waals surface area contributed by atoms with Gasteiger partial charge in [0.1, 0.15) is 16.6 Å². The number of nitrogens with zero attached hydrogens (tertiary/aromatic N) is 2. The first-order valence-electron chi connectivity index (χ1n) is 4.96. The van der Waals surface area contributed by atoms with Crippen molar-refractivity contribution in [2.75, 3.05) is 7.11 Å². The fourth-order valence-electron chi connectivity index (χ4n) is 1.43. The molecule has 0 aliphatic rings. The van der Waals surface area contributed by atoms with Crippen LogP contribution in [0.4, 0.5) is 0 Å². The topological polar surface area (TPSA) is 56.8 Å². The van der Waals surface area contributed by atoms with E-state index in [1.54, 1.807) is 7.11 Å². The van der Waals surface area contributed by atoms with Crippen LogP contribution < -0.4 is 4.74 Å². The first-order chi connectivity index (χ1) is 8.22. The normalized spacial score (nSPS) is 13.2. The Kier molecular flexibility index (Phi) is 5.76. The second kappa shape index (κ2) is 7.11. The number of thiocyanates is 2. The first kappa shape index (κ1) is 13.8. The van der Waals surface area contributed by atoms with E-state index in [4.69, 9.17) is 15.3 Å². The summed E-state index contributed by atoms with van der Waals surface area (Å²) >= 11 is 2.37. The molecule has 0 fully saturated rings. The Hall–Kier alpha value is -1.30. The highest BCUT2D eigenvalue weighted by atomic mass is 32.2. The molecule has 0 amide bonds. The van der Waals surface area contributed by atoms with Gasteiger partial charge in [-0.2, -0.15) is 10.5 Å². The highest BCUT2D eigenvalue weighted by Gasteiger charge is 2.20. The minimum absolute atomic E-state index is 0.00411. The third-order valence-corrected chi connectivity index (χ3v) is 4.25. The highest BCUT2D eigenvalue weighted by molar-refractivity contribution is 8.07. The van der Waals surface area contributed by atoms with Crippen molar-refractivity contribution in [3.8, 4) is 16.6 Å². The van der Waals surface area contributed by atoms with Crippen LogP contribution in [0.2, 0.25) is 0 Å². The Labute approximate surface area is 110 Å². The fourth-order valence-corrected chi connectivity index (χ4v) is 2.81. The molecule has 3 nitrogen and oxygen atoms in total. The largest absolute Gasteiger partial charge is 0.497 e. The third kappa shape index (κ3) is 3.89. The zero-order valence-corrected chi connectivity index (χ0v) is 11.2. The Morgan fingerprint density at radius 2 is 1.71 bits per heavy atom. The molecule has 2 unspecified atom stereocenters. The molecule has 0 N–H and O–H groups in total. The third-order valence-electron chi connectivity index (χ3n) is 2.29. The number of methoxy groups -OCH3 is 1. The minimum atomic E-state index is -0.00411. The second-order valence-electron chi connectivity index (χ2n) is 3.32. The fraction of sp³-hybridized carbons (Fsp3) is 0.333. The molecule has 17 heavy (non-hydrogen) atoms. The smallest absolute Gasteiger partial charge is 0.134 e. The molecule has 0 radical (unpaired) electrons. The van der Waals surface area contributed by atoms with Gasteiger partial charge in [0.05, 0.1) is 12.4 Å². The van der Waals surface area contributed by atoms with Crippen molar-refractivity contribution >= 4 is 23.5 Å². The summed E-state index contributed by atoms with van der Waals surface area (Å²) in [6.45, 7) is 1.95. The molecule has 0 spiro atoms. The van der Waals surface area contributed by atoms with Crippen LogP contribution in [0.25, 0.3) is 0 Å². The number of hydrogen-bond acceptors (Lipinski definition) is 5. The van der Waals surface area contributed by atoms with E-state index in [1.165, 1.54) is 23.5 Å². The summed E-state index contributed by atoms with van der Waals surface area (Å²) < 4.78 is 5.09. The summed E-state index contributed by atoms with van der Waals surface area (Å²) in [6, 6.07) is 7.60. The molecular weight excluding hydrogens is 252 g/mol. The molecule has 1 aromatic carbocycles. The standard InChI is InChI=1S/C12H12N2OS2/c1-9(16-7-13)12(17-8-14)10-3-5-11(15-2)6-4-10/h3-6,9,12H,1-2H3. The van der Waals surface area contributed by atoms with Gasteiger partial charge in [0, 0.05) is 5.25 Å². The van der Waals surface area contributed by atoms with E-state index < -0.39 is 0 Å². The van der Waals surface area contributed by atoms with E-state index in [9.17, 15) is 0 Å². The molecule has 2 atom stereocenters. The van der Waals surface area contributed by atoms with Crippen molar-refractivity contribution < 1.29 is 4.74 Å². The number of thioether (sulfide) groups is 2. The van der Waals surface area contributed by atoms with Crippen molar-refractivity contribution in [2.45, 2.75) is 17.4 Å². The summed E-state index contributed by atoms with van der Waals surface area (Å²) in [7, 11) is 1.62. The maximum Gasteiger partial charge on any atom is 0.134 e. The molecule has 0 aliphatic carbocycles. The number of nitriles is 2. The van der Waals surface area contributed by atoms with Gasteiger partial charge in [-0.3, -0.25) is 0 Å². The van der Waals surface area contributed by atoms with Crippen molar-refractivity contribution in [3.63, 3.8) is 0 Å². The Morgan fingerprint density at radius 3 is 2.18 bits per heavy atom. The maximum absolute atomic E-state index is 8.81. The lowest BCUT2D eigenvalue weighted by Crippen LogP contribution is -2.07. The van der Waals surface area contributed by atoms with Crippen molar-refractivity contribution in [2.24, 2.45) is 0 Å². The predicted octanol–water partition coefficient (Wildman–Crippen LogP) is 3.55. The lowest BCUT2D eigenvalue weighted by molar-refractivity contribution is 0.414. The van der Waals surface area contributed by atoms with Gasteiger partial charge in [-0.25, -0.2) is 0 Å². The molecule has 0 aromatic heterocycles. The molecule has 0 saturated heterocycles. The van der Waals surface area contributed by atoms with Gasteiger partial charge in [-0.15, -0.1) is 0 Å². The molecule has 1 aromatic rings. The van der Waals surface area contributed by atoms with E-state index in [1.807, 2.05) is 31.2 Å². The lowest BCUT2D eigenvalue weighted by Gasteiger charge is -2.18. The summed E-state index contributed by atoms with van der Waals surface area (Å²) in [5.74, 6) is 0.787. The maximum atomic E-state index is 8.81. The van der Waals surface area contributed by atoms with Crippen LogP contribution in [0.3, 0.4) is 0 Å². The molecule has 0 saturated carbocycles. The molecule has 0 aliphatic heterocycles. The predicted molar refractivity (Wildman–Crippen MR) is 71.6 cm³/mol. The SMILES string of the molecule is COc1ccc(C(SC#N)C(C)SC#N)cc1. The first-order valence-corrected chi connectivity index (χ1v) is 6.72. The average Bonchev–Trinajstić information content (AvgIpc) is 2.36. The summed E-state index contributed by atoms with van der Waals surface area (Å²) in [5, 5.41) is 21.7. The quantitative estimate of drug-likeness (QED) is 0.761. The van der Waals surface area contributed by atoms with Crippen LogP contribution >= 0.6 is 23.5 Å². The van der Waals surface area contributed by atoms with Crippen LogP contribution in [0.15, 0.2) is 24.3 Å². The van der Waals surface area contributed by atoms with Gasteiger partial charge >= 0.3 is 0 Å². The molecule has 5 heteroatoms. The van der Waals surface area contributed by atoms with Crippen LogP contribution in [-0.4, -0.2) is 12.4 Å². The van der Waals surface area contributed by atoms with Gasteiger partial charge in [-0.05, 0) is 41.2 Å². The van der Waals surface area contributed by atoms with E-state index in [2.05, 4.69) is 10.8 Å². The summed E-state index contributed by atoms with van der Waals surface area (Å²) in [4.78, 5) is 0. The van der Waals surface area contributed by atoms with Gasteiger partial charge in [0.25, 0.3) is 0 Å². The second-order valence-corrected chi connectivity index (χ2v) is 5.41. The van der Waals surface area contributed by atoms with Crippen molar-refractivity contribution in [1.29, 1.82) is 10.5 Å². The molecule has 88 valence electrons. The van der Waals surface area contributed by atoms with Gasteiger partial charge in [-0.1, -0.05) is 19.1 Å². The number of ether oxygens (including phenoxy) is 1. The number of hydrogen-bond donors (Lipinski definition) is 0. The van der Waals surface area contributed by atoms with Gasteiger partial charge in [0.15, 0.2) is 0 Å². The Morgan fingerprint density at radius 1 is 1.12 bits per heavy atom. The van der Waals surface area contributed by atoms with E-state index in [0.29, 0.717) is 0 Å². The molecule has 0 heterocycles. The Bertz CT molecular complexity index is 433. The zero-order chi connectivity index (χ0) is 12.7. The highest BCUT2D eigenvalue weighted by Crippen LogP contribution is 2.37. The van der Waals surface area contributed by atoms with E-state index in [0.717, 1.165) is 11.3 Å². The lowest BCUT2D eigenvalue weighted by atomic mass is 10.1. The average molecular weight is 264 g/mol. The Balaban J connectivity index is 2.90. The van der Waals surface area contributed by atoms with E-state index >= 15 is 0 Å². The van der Waals surface area contributed by atoms with E-state index in [-0.39, 0.29) is 10.5 Å². The van der Waals surface area contributed by atoms with Crippen molar-refractivity contribution in [1.82, 2.24) is 0 Å². The van der Waals surface area contributed by atoms with Gasteiger partial charge < -0.3 is 4.74 Å². The minimum Gasteiger partial charge on any atom is -0.497 e. The molecular formula is C12H12N2OS2. The van der Waals surface area contributed by atoms with Crippen LogP contribution in [0.1, 0.15) is 17.7 Å². The summed E-state index contributed by atoms with van der Waals surface area (Å²) in [5.41, 5.74) is 1.03. The number of benzene rings is 1. The monoisotopic (exact) mass is 264 g/mol. The molecule has 0 bridgehead atoms. The zero-order valence-electron chi connectivity index (χ0n) is 9.58.